The average molecular weight is 348 g/mol. The number of carbonyl (C=O) groups excluding carboxylic acids is 1. The zero-order valence-corrected chi connectivity index (χ0v) is 16.0. The first-order valence-electron chi connectivity index (χ1n) is 8.90. The molecule has 0 radical (unpaired) electrons. The number of rotatable bonds is 6. The second-order valence-electron chi connectivity index (χ2n) is 7.66. The van der Waals surface area contributed by atoms with Crippen LogP contribution in [0.25, 0.3) is 0 Å². The van der Waals surface area contributed by atoms with Gasteiger partial charge in [0.15, 0.2) is 0 Å². The molecule has 0 aromatic carbocycles. The van der Waals surface area contributed by atoms with Crippen molar-refractivity contribution in [2.45, 2.75) is 60.4 Å². The lowest BCUT2D eigenvalue weighted by atomic mass is 9.64. The van der Waals surface area contributed by atoms with E-state index in [0.29, 0.717) is 22.8 Å². The molecule has 0 spiro atoms. The summed E-state index contributed by atoms with van der Waals surface area (Å²) in [6, 6.07) is 0. The summed E-state index contributed by atoms with van der Waals surface area (Å²) in [5.41, 5.74) is 2.16. The van der Waals surface area contributed by atoms with E-state index >= 15 is 0 Å². The van der Waals surface area contributed by atoms with Crippen LogP contribution < -0.4 is 0 Å². The highest BCUT2D eigenvalue weighted by Crippen LogP contribution is 2.44. The van der Waals surface area contributed by atoms with Gasteiger partial charge in [-0.2, -0.15) is 0 Å². The summed E-state index contributed by atoms with van der Waals surface area (Å²) in [6.45, 7) is 8.76. The molecule has 0 unspecified atom stereocenters. The van der Waals surface area contributed by atoms with E-state index in [0.717, 1.165) is 5.57 Å². The Balaban J connectivity index is 2.65. The van der Waals surface area contributed by atoms with Crippen LogP contribution in [0.2, 0.25) is 0 Å². The van der Waals surface area contributed by atoms with Crippen molar-refractivity contribution in [3.05, 3.63) is 47.6 Å². The van der Waals surface area contributed by atoms with E-state index < -0.39 is 12.4 Å². The summed E-state index contributed by atoms with van der Waals surface area (Å²) in [5.74, 6) is 0.516. The third kappa shape index (κ3) is 7.84. The minimum atomic E-state index is -2.08. The maximum absolute atomic E-state index is 11.3. The molecule has 0 aromatic heterocycles. The molecule has 2 N–H and O–H groups in total. The molecule has 4 heteroatoms. The molecule has 0 amide bonds. The largest absolute Gasteiger partial charge is 0.407 e. The molecule has 25 heavy (non-hydrogen) atoms. The number of esters is 1. The Morgan fingerprint density at radius 1 is 1.20 bits per heavy atom. The lowest BCUT2D eigenvalue weighted by molar-refractivity contribution is -0.225. The van der Waals surface area contributed by atoms with Crippen molar-refractivity contribution in [2.75, 3.05) is 0 Å². The highest BCUT2D eigenvalue weighted by atomic mass is 16.7. The number of carbonyl (C=O) groups is 1. The molecule has 0 bridgehead atoms. The van der Waals surface area contributed by atoms with Gasteiger partial charge in [0.05, 0.1) is 0 Å². The molecule has 140 valence electrons. The average Bonchev–Trinajstić information content (AvgIpc) is 2.44. The molecule has 1 rings (SSSR count). The van der Waals surface area contributed by atoms with Crippen molar-refractivity contribution in [1.29, 1.82) is 0 Å². The molecular weight excluding hydrogens is 316 g/mol. The predicted molar refractivity (Wildman–Crippen MR) is 100 cm³/mol. The zero-order chi connectivity index (χ0) is 19.0. The van der Waals surface area contributed by atoms with E-state index in [2.05, 4.69) is 44.6 Å². The van der Waals surface area contributed by atoms with Gasteiger partial charge < -0.3 is 14.9 Å². The fraction of sp³-hybridized carbons (Fsp3) is 0.571. The third-order valence-corrected chi connectivity index (χ3v) is 4.85. The minimum absolute atomic E-state index is 0.348. The Labute approximate surface area is 151 Å². The standard InChI is InChI=1S/C21H32O4/c1-15(8-6-9-16(2)14-19(22)25-20(23)24)11-12-18-17(3)10-7-13-21(18,4)5/h6,8-9,11-12,14,17-18,20,23-24H,7,10,13H2,1-5H3/b9-6+,12-11+,15-8+,16-14+/t17-,18+/m0/s1. The van der Waals surface area contributed by atoms with E-state index in [9.17, 15) is 4.79 Å². The van der Waals surface area contributed by atoms with Crippen LogP contribution in [0, 0.1) is 17.3 Å². The van der Waals surface area contributed by atoms with Crippen molar-refractivity contribution < 1.29 is 19.7 Å². The molecule has 1 aliphatic rings. The smallest absolute Gasteiger partial charge is 0.335 e. The Bertz CT molecular complexity index is 564. The number of ether oxygens (including phenoxy) is 1. The van der Waals surface area contributed by atoms with Gasteiger partial charge in [-0.25, -0.2) is 4.79 Å². The van der Waals surface area contributed by atoms with Gasteiger partial charge >= 0.3 is 12.4 Å². The van der Waals surface area contributed by atoms with Crippen LogP contribution in [0.15, 0.2) is 47.6 Å². The Hall–Kier alpha value is -1.65. The van der Waals surface area contributed by atoms with Crippen molar-refractivity contribution in [1.82, 2.24) is 0 Å². The lowest BCUT2D eigenvalue weighted by Crippen LogP contribution is -2.32. The minimum Gasteiger partial charge on any atom is -0.407 e. The van der Waals surface area contributed by atoms with Crippen LogP contribution in [-0.2, 0) is 9.53 Å². The van der Waals surface area contributed by atoms with E-state index in [1.54, 1.807) is 13.0 Å². The molecule has 0 aliphatic heterocycles. The van der Waals surface area contributed by atoms with Gasteiger partial charge in [-0.15, -0.1) is 0 Å². The van der Waals surface area contributed by atoms with E-state index in [1.165, 1.54) is 25.3 Å². The number of allylic oxidation sites excluding steroid dienone is 7. The van der Waals surface area contributed by atoms with Gasteiger partial charge in [-0.05, 0) is 43.1 Å². The summed E-state index contributed by atoms with van der Waals surface area (Å²) in [6.07, 6.45) is 15.2. The first-order valence-corrected chi connectivity index (χ1v) is 8.90. The van der Waals surface area contributed by atoms with Crippen LogP contribution >= 0.6 is 0 Å². The fourth-order valence-electron chi connectivity index (χ4n) is 3.48. The van der Waals surface area contributed by atoms with Crippen LogP contribution in [-0.4, -0.2) is 22.7 Å². The maximum atomic E-state index is 11.3. The molecule has 1 saturated carbocycles. The van der Waals surface area contributed by atoms with Crippen molar-refractivity contribution in [2.24, 2.45) is 17.3 Å². The van der Waals surface area contributed by atoms with Crippen molar-refractivity contribution >= 4 is 5.97 Å². The maximum Gasteiger partial charge on any atom is 0.335 e. The molecule has 0 heterocycles. The Morgan fingerprint density at radius 2 is 1.88 bits per heavy atom. The van der Waals surface area contributed by atoms with Gasteiger partial charge in [0.25, 0.3) is 0 Å². The number of hydrogen-bond acceptors (Lipinski definition) is 4. The second-order valence-corrected chi connectivity index (χ2v) is 7.66. The summed E-state index contributed by atoms with van der Waals surface area (Å²) >= 11 is 0. The highest BCUT2D eigenvalue weighted by Gasteiger charge is 2.34. The van der Waals surface area contributed by atoms with Crippen LogP contribution in [0.5, 0.6) is 0 Å². The fourth-order valence-corrected chi connectivity index (χ4v) is 3.48. The number of hydrogen-bond donors (Lipinski definition) is 2. The summed E-state index contributed by atoms with van der Waals surface area (Å²) in [5, 5.41) is 17.1. The van der Waals surface area contributed by atoms with Gasteiger partial charge in [-0.1, -0.05) is 69.6 Å². The molecule has 0 aromatic rings. The summed E-state index contributed by atoms with van der Waals surface area (Å²) < 4.78 is 4.22. The monoisotopic (exact) mass is 348 g/mol. The van der Waals surface area contributed by atoms with Gasteiger partial charge in [0.1, 0.15) is 0 Å². The van der Waals surface area contributed by atoms with E-state index in [4.69, 9.17) is 10.2 Å². The highest BCUT2D eigenvalue weighted by molar-refractivity contribution is 5.83. The first-order chi connectivity index (χ1) is 11.6. The quantitative estimate of drug-likeness (QED) is 0.326. The topological polar surface area (TPSA) is 66.8 Å². The molecule has 0 saturated heterocycles. The Kier molecular flexibility index (Phi) is 8.33. The predicted octanol–water partition coefficient (Wildman–Crippen LogP) is 4.27. The first kappa shape index (κ1) is 21.4. The van der Waals surface area contributed by atoms with Crippen LogP contribution in [0.1, 0.15) is 53.9 Å². The molecule has 4 nitrogen and oxygen atoms in total. The molecule has 1 fully saturated rings. The van der Waals surface area contributed by atoms with Crippen molar-refractivity contribution in [3.63, 3.8) is 0 Å². The third-order valence-electron chi connectivity index (χ3n) is 4.85. The number of aliphatic hydroxyl groups is 2. The summed E-state index contributed by atoms with van der Waals surface area (Å²) in [7, 11) is 0. The zero-order valence-electron chi connectivity index (χ0n) is 16.0. The van der Waals surface area contributed by atoms with E-state index in [-0.39, 0.29) is 0 Å². The lowest BCUT2D eigenvalue weighted by Gasteiger charge is -2.41. The number of aliphatic hydroxyl groups excluding tert-OH is 1. The molecular formula is C21H32O4. The Morgan fingerprint density at radius 3 is 2.48 bits per heavy atom. The van der Waals surface area contributed by atoms with Gasteiger partial charge in [-0.3, -0.25) is 0 Å². The second kappa shape index (κ2) is 9.73. The van der Waals surface area contributed by atoms with Crippen LogP contribution in [0.4, 0.5) is 0 Å². The van der Waals surface area contributed by atoms with Crippen LogP contribution in [0.3, 0.4) is 0 Å². The van der Waals surface area contributed by atoms with Gasteiger partial charge in [0.2, 0.25) is 0 Å². The van der Waals surface area contributed by atoms with Crippen molar-refractivity contribution in [3.8, 4) is 0 Å². The molecule has 2 atom stereocenters. The normalized spacial score (nSPS) is 25.1. The summed E-state index contributed by atoms with van der Waals surface area (Å²) in [4.78, 5) is 11.3. The van der Waals surface area contributed by atoms with Gasteiger partial charge in [0, 0.05) is 6.08 Å². The molecule has 1 aliphatic carbocycles. The van der Waals surface area contributed by atoms with E-state index in [1.807, 2.05) is 12.2 Å². The SMILES string of the molecule is CC(/C=C/[C@@H]1[C@@H](C)CCCC1(C)C)=C\C=C\C(C)=C\C(=O)OC(O)O.